The highest BCUT2D eigenvalue weighted by atomic mass is 15.1. The molecule has 0 amide bonds. The molecular weight excluding hydrogens is 212 g/mol. The van der Waals surface area contributed by atoms with Crippen LogP contribution >= 0.6 is 0 Å². The molecule has 0 aliphatic heterocycles. The van der Waals surface area contributed by atoms with Crippen LogP contribution in [0.5, 0.6) is 0 Å². The topological polar surface area (TPSA) is 49.8 Å². The molecule has 1 aliphatic carbocycles. The van der Waals surface area contributed by atoms with E-state index in [0.29, 0.717) is 5.95 Å². The summed E-state index contributed by atoms with van der Waals surface area (Å²) >= 11 is 0. The van der Waals surface area contributed by atoms with Gasteiger partial charge in [0.1, 0.15) is 5.82 Å². The highest BCUT2D eigenvalue weighted by molar-refractivity contribution is 5.39. The molecule has 0 radical (unpaired) electrons. The molecule has 2 atom stereocenters. The van der Waals surface area contributed by atoms with Gasteiger partial charge in [-0.25, -0.2) is 4.98 Å². The van der Waals surface area contributed by atoms with E-state index in [4.69, 9.17) is 0 Å². The monoisotopic (exact) mass is 234 g/mol. The molecule has 94 valence electrons. The van der Waals surface area contributed by atoms with Crippen LogP contribution in [0.3, 0.4) is 0 Å². The second-order valence-electron chi connectivity index (χ2n) is 4.96. The van der Waals surface area contributed by atoms with Crippen molar-refractivity contribution >= 4 is 11.8 Å². The van der Waals surface area contributed by atoms with Gasteiger partial charge in [-0.3, -0.25) is 0 Å². The first kappa shape index (κ1) is 12.1. The quantitative estimate of drug-likeness (QED) is 0.822. The predicted octanol–water partition coefficient (Wildman–Crippen LogP) is 2.76. The molecule has 2 rings (SSSR count). The smallest absolute Gasteiger partial charge is 0.224 e. The minimum Gasteiger partial charge on any atom is -0.370 e. The number of hydrogen-bond acceptors (Lipinski definition) is 4. The molecule has 17 heavy (non-hydrogen) atoms. The SMILES string of the molecule is CCNc1nccc(NCC2CCC(C)C2)n1. The standard InChI is InChI=1S/C13H22N4/c1-3-14-13-15-7-6-12(17-13)16-9-11-5-4-10(2)8-11/h6-7,10-11H,3-5,8-9H2,1-2H3,(H2,14,15,16,17). The normalized spacial score (nSPS) is 23.6. The second-order valence-corrected chi connectivity index (χ2v) is 4.96. The highest BCUT2D eigenvalue weighted by Gasteiger charge is 2.20. The summed E-state index contributed by atoms with van der Waals surface area (Å²) in [5.41, 5.74) is 0. The summed E-state index contributed by atoms with van der Waals surface area (Å²) in [7, 11) is 0. The number of anilines is 2. The Morgan fingerprint density at radius 1 is 1.35 bits per heavy atom. The first-order chi connectivity index (χ1) is 8.28. The third-order valence-corrected chi connectivity index (χ3v) is 3.37. The molecule has 2 N–H and O–H groups in total. The minimum atomic E-state index is 0.706. The van der Waals surface area contributed by atoms with E-state index in [1.54, 1.807) is 6.20 Å². The summed E-state index contributed by atoms with van der Waals surface area (Å²) in [4.78, 5) is 8.57. The van der Waals surface area contributed by atoms with Gasteiger partial charge in [-0.1, -0.05) is 13.3 Å². The lowest BCUT2D eigenvalue weighted by molar-refractivity contribution is 0.536. The first-order valence-corrected chi connectivity index (χ1v) is 6.58. The van der Waals surface area contributed by atoms with Crippen LogP contribution in [0.15, 0.2) is 12.3 Å². The molecule has 1 aromatic rings. The van der Waals surface area contributed by atoms with E-state index in [9.17, 15) is 0 Å². The summed E-state index contributed by atoms with van der Waals surface area (Å²) in [6.07, 6.45) is 5.86. The van der Waals surface area contributed by atoms with Crippen LogP contribution in [0, 0.1) is 11.8 Å². The van der Waals surface area contributed by atoms with Gasteiger partial charge in [0.2, 0.25) is 5.95 Å². The largest absolute Gasteiger partial charge is 0.370 e. The van der Waals surface area contributed by atoms with Crippen molar-refractivity contribution in [2.24, 2.45) is 11.8 Å². The van der Waals surface area contributed by atoms with Gasteiger partial charge in [0.05, 0.1) is 0 Å². The van der Waals surface area contributed by atoms with Crippen molar-refractivity contribution in [1.82, 2.24) is 9.97 Å². The zero-order chi connectivity index (χ0) is 12.1. The van der Waals surface area contributed by atoms with Gasteiger partial charge in [-0.05, 0) is 37.7 Å². The molecule has 0 bridgehead atoms. The summed E-state index contributed by atoms with van der Waals surface area (Å²) in [6, 6.07) is 1.93. The molecule has 0 saturated heterocycles. The fraction of sp³-hybridized carbons (Fsp3) is 0.692. The Balaban J connectivity index is 1.83. The number of nitrogens with zero attached hydrogens (tertiary/aromatic N) is 2. The molecular formula is C13H22N4. The van der Waals surface area contributed by atoms with Crippen LogP contribution in [-0.2, 0) is 0 Å². The molecule has 2 unspecified atom stereocenters. The second kappa shape index (κ2) is 5.84. The van der Waals surface area contributed by atoms with Crippen LogP contribution in [-0.4, -0.2) is 23.1 Å². The van der Waals surface area contributed by atoms with Crippen LogP contribution in [0.2, 0.25) is 0 Å². The molecule has 1 aliphatic rings. The summed E-state index contributed by atoms with van der Waals surface area (Å²) in [5.74, 6) is 3.33. The van der Waals surface area contributed by atoms with Crippen LogP contribution < -0.4 is 10.6 Å². The van der Waals surface area contributed by atoms with Crippen LogP contribution in [0.4, 0.5) is 11.8 Å². The van der Waals surface area contributed by atoms with Gasteiger partial charge in [-0.15, -0.1) is 0 Å². The van der Waals surface area contributed by atoms with Crippen molar-refractivity contribution in [1.29, 1.82) is 0 Å². The third-order valence-electron chi connectivity index (χ3n) is 3.37. The van der Waals surface area contributed by atoms with E-state index in [1.165, 1.54) is 19.3 Å². The highest BCUT2D eigenvalue weighted by Crippen LogP contribution is 2.30. The van der Waals surface area contributed by atoms with Crippen molar-refractivity contribution in [2.75, 3.05) is 23.7 Å². The average Bonchev–Trinajstić information content (AvgIpc) is 2.74. The molecule has 1 heterocycles. The van der Waals surface area contributed by atoms with E-state index >= 15 is 0 Å². The lowest BCUT2D eigenvalue weighted by Crippen LogP contribution is -2.13. The van der Waals surface area contributed by atoms with Gasteiger partial charge < -0.3 is 10.6 Å². The number of rotatable bonds is 5. The summed E-state index contributed by atoms with van der Waals surface area (Å²) in [6.45, 7) is 6.27. The third kappa shape index (κ3) is 3.58. The van der Waals surface area contributed by atoms with Crippen molar-refractivity contribution in [3.63, 3.8) is 0 Å². The molecule has 0 spiro atoms. The van der Waals surface area contributed by atoms with Crippen molar-refractivity contribution in [3.8, 4) is 0 Å². The van der Waals surface area contributed by atoms with E-state index in [-0.39, 0.29) is 0 Å². The average molecular weight is 234 g/mol. The molecule has 4 heteroatoms. The van der Waals surface area contributed by atoms with Crippen LogP contribution in [0.25, 0.3) is 0 Å². The van der Waals surface area contributed by atoms with E-state index < -0.39 is 0 Å². The Morgan fingerprint density at radius 3 is 2.94 bits per heavy atom. The fourth-order valence-electron chi connectivity index (χ4n) is 2.46. The lowest BCUT2D eigenvalue weighted by atomic mass is 10.1. The van der Waals surface area contributed by atoms with Gasteiger partial charge in [-0.2, -0.15) is 4.98 Å². The van der Waals surface area contributed by atoms with Crippen molar-refractivity contribution < 1.29 is 0 Å². The maximum atomic E-state index is 4.41. The lowest BCUT2D eigenvalue weighted by Gasteiger charge is -2.12. The molecule has 0 aromatic carbocycles. The first-order valence-electron chi connectivity index (χ1n) is 6.58. The number of aromatic nitrogens is 2. The Labute approximate surface area is 103 Å². The zero-order valence-corrected chi connectivity index (χ0v) is 10.7. The van der Waals surface area contributed by atoms with E-state index in [0.717, 1.165) is 30.7 Å². The zero-order valence-electron chi connectivity index (χ0n) is 10.7. The predicted molar refractivity (Wildman–Crippen MR) is 71.2 cm³/mol. The number of nitrogens with one attached hydrogen (secondary N) is 2. The summed E-state index contributed by atoms with van der Waals surface area (Å²) in [5, 5.41) is 6.54. The fourth-order valence-corrected chi connectivity index (χ4v) is 2.46. The van der Waals surface area contributed by atoms with Crippen molar-refractivity contribution in [3.05, 3.63) is 12.3 Å². The minimum absolute atomic E-state index is 0.706. The van der Waals surface area contributed by atoms with Crippen molar-refractivity contribution in [2.45, 2.75) is 33.1 Å². The van der Waals surface area contributed by atoms with Gasteiger partial charge in [0.15, 0.2) is 0 Å². The Bertz CT molecular complexity index is 353. The van der Waals surface area contributed by atoms with E-state index in [1.807, 2.05) is 13.0 Å². The molecule has 1 aromatic heterocycles. The molecule has 4 nitrogen and oxygen atoms in total. The van der Waals surface area contributed by atoms with Gasteiger partial charge in [0.25, 0.3) is 0 Å². The maximum Gasteiger partial charge on any atom is 0.224 e. The van der Waals surface area contributed by atoms with Gasteiger partial charge in [0, 0.05) is 19.3 Å². The Kier molecular flexibility index (Phi) is 4.18. The van der Waals surface area contributed by atoms with E-state index in [2.05, 4.69) is 27.5 Å². The van der Waals surface area contributed by atoms with Gasteiger partial charge >= 0.3 is 0 Å². The maximum absolute atomic E-state index is 4.41. The number of hydrogen-bond donors (Lipinski definition) is 2. The Morgan fingerprint density at radius 2 is 2.24 bits per heavy atom. The molecule has 1 saturated carbocycles. The molecule has 1 fully saturated rings. The summed E-state index contributed by atoms with van der Waals surface area (Å²) < 4.78 is 0. The Hall–Kier alpha value is -1.32. The van der Waals surface area contributed by atoms with Crippen LogP contribution in [0.1, 0.15) is 33.1 Å².